The van der Waals surface area contributed by atoms with Crippen LogP contribution in [0.5, 0.6) is 0 Å². The average Bonchev–Trinajstić information content (AvgIpc) is 1.80. The molecule has 1 fully saturated rings. The van der Waals surface area contributed by atoms with Gasteiger partial charge < -0.3 is 10.2 Å². The summed E-state index contributed by atoms with van der Waals surface area (Å²) in [6.07, 6.45) is 0. The number of hydrogen-bond acceptors (Lipinski definition) is 2. The van der Waals surface area contributed by atoms with Crippen LogP contribution in [0.2, 0.25) is 19.1 Å². The lowest BCUT2D eigenvalue weighted by molar-refractivity contribution is -0.0273. The van der Waals surface area contributed by atoms with Gasteiger partial charge in [-0.05, 0) is 25.1 Å². The van der Waals surface area contributed by atoms with Crippen LogP contribution < -0.4 is 5.73 Å². The first-order valence-corrected chi connectivity index (χ1v) is 9.19. The Morgan fingerprint density at radius 3 is 2.31 bits per heavy atom. The van der Waals surface area contributed by atoms with Crippen molar-refractivity contribution >= 4 is 18.6 Å². The van der Waals surface area contributed by atoms with E-state index in [1.807, 2.05) is 0 Å². The zero-order valence-electron chi connectivity index (χ0n) is 9.77. The second-order valence-electron chi connectivity index (χ2n) is 5.80. The molecule has 2 N–H and O–H groups in total. The summed E-state index contributed by atoms with van der Waals surface area (Å²) in [5.41, 5.74) is 6.44. The molecule has 1 aliphatic heterocycles. The lowest BCUT2D eigenvalue weighted by Gasteiger charge is -2.54. The fraction of sp³-hybridized carbons (Fsp3) is 1.00. The van der Waals surface area contributed by atoms with Crippen LogP contribution in [-0.2, 0) is 4.43 Å². The van der Waals surface area contributed by atoms with Crippen molar-refractivity contribution in [1.29, 1.82) is 0 Å². The van der Waals surface area contributed by atoms with E-state index in [1.165, 1.54) is 6.04 Å². The summed E-state index contributed by atoms with van der Waals surface area (Å²) in [5.74, 6) is 0.686. The molecule has 0 amide bonds. The van der Waals surface area contributed by atoms with Crippen molar-refractivity contribution < 1.29 is 4.43 Å². The summed E-state index contributed by atoms with van der Waals surface area (Å²) in [6, 6.07) is 1.24. The fourth-order valence-electron chi connectivity index (χ4n) is 2.23. The summed E-state index contributed by atoms with van der Waals surface area (Å²) in [6.45, 7) is 11.4. The maximum atomic E-state index is 6.30. The van der Waals surface area contributed by atoms with Gasteiger partial charge in [0.15, 0.2) is 8.32 Å². The Hall–Kier alpha value is 0.354. The molecule has 4 heteroatoms. The van der Waals surface area contributed by atoms with Crippen LogP contribution >= 0.6 is 0 Å². The molecule has 2 unspecified atom stereocenters. The number of rotatable bonds is 0. The van der Waals surface area contributed by atoms with Gasteiger partial charge in [0.2, 0.25) is 0 Å². The Morgan fingerprint density at radius 2 is 1.92 bits per heavy atom. The van der Waals surface area contributed by atoms with E-state index < -0.39 is 8.32 Å². The monoisotopic (exact) mass is 217 g/mol. The molecule has 0 bridgehead atoms. The third-order valence-corrected chi connectivity index (χ3v) is 8.27. The van der Waals surface area contributed by atoms with Crippen molar-refractivity contribution in [3.8, 4) is 0 Å². The van der Waals surface area contributed by atoms with Gasteiger partial charge in [0.05, 0.1) is 15.6 Å². The van der Waals surface area contributed by atoms with E-state index in [1.54, 1.807) is 0 Å². The quantitative estimate of drug-likeness (QED) is 0.611. The summed E-state index contributed by atoms with van der Waals surface area (Å²) >= 11 is 0. The first kappa shape index (κ1) is 11.4. The van der Waals surface area contributed by atoms with Crippen LogP contribution in [0.25, 0.3) is 0 Å². The molecule has 0 aromatic heterocycles. The molecule has 1 rings (SSSR count). The lowest BCUT2D eigenvalue weighted by Crippen LogP contribution is -2.66. The average molecular weight is 217 g/mol. The normalized spacial score (nSPS) is 43.4. The molecule has 1 saturated heterocycles. The number of hydrogen-bond donors (Lipinski definition) is 1. The largest absolute Gasteiger partial charge is 0.404 e. The molecule has 1 heterocycles. The molecule has 2 nitrogen and oxygen atoms in total. The molecule has 1 aliphatic rings. The molecular weight excluding hydrogens is 194 g/mol. The van der Waals surface area contributed by atoms with Crippen molar-refractivity contribution in [2.24, 2.45) is 17.1 Å². The Labute approximate surface area is 85.8 Å². The fourth-order valence-corrected chi connectivity index (χ4v) is 7.86. The molecule has 2 atom stereocenters. The Kier molecular flexibility index (Phi) is 2.57. The van der Waals surface area contributed by atoms with E-state index in [-0.39, 0.29) is 10.8 Å². The molecule has 0 aromatic rings. The summed E-state index contributed by atoms with van der Waals surface area (Å²) < 4.78 is 6.13. The minimum absolute atomic E-state index is 0.141. The van der Waals surface area contributed by atoms with Gasteiger partial charge in [0, 0.05) is 5.41 Å². The van der Waals surface area contributed by atoms with Crippen LogP contribution in [0.3, 0.4) is 0 Å². The van der Waals surface area contributed by atoms with Crippen molar-refractivity contribution in [2.45, 2.75) is 45.3 Å². The third kappa shape index (κ3) is 1.91. The van der Waals surface area contributed by atoms with Crippen molar-refractivity contribution in [3.05, 3.63) is 0 Å². The van der Waals surface area contributed by atoms with Gasteiger partial charge in [-0.15, -0.1) is 0 Å². The van der Waals surface area contributed by atoms with Crippen LogP contribution in [0, 0.1) is 11.3 Å². The van der Waals surface area contributed by atoms with Crippen LogP contribution in [0.1, 0.15) is 20.8 Å². The van der Waals surface area contributed by atoms with Gasteiger partial charge in [0.1, 0.15) is 0 Å². The maximum Gasteiger partial charge on any atom is 0.189 e. The molecule has 0 radical (unpaired) electrons. The van der Waals surface area contributed by atoms with Gasteiger partial charge in [0.25, 0.3) is 0 Å². The summed E-state index contributed by atoms with van der Waals surface area (Å²) in [4.78, 5) is 0. The topological polar surface area (TPSA) is 35.2 Å². The highest BCUT2D eigenvalue weighted by Crippen LogP contribution is 2.46. The highest BCUT2D eigenvalue weighted by Gasteiger charge is 2.51. The first-order valence-electron chi connectivity index (χ1n) is 5.07. The van der Waals surface area contributed by atoms with Crippen molar-refractivity contribution in [2.75, 3.05) is 0 Å². The van der Waals surface area contributed by atoms with Gasteiger partial charge in [-0.25, -0.2) is 0 Å². The van der Waals surface area contributed by atoms with E-state index in [4.69, 9.17) is 10.2 Å². The highest BCUT2D eigenvalue weighted by atomic mass is 28.4. The molecular formula is C9H23NOSi2. The van der Waals surface area contributed by atoms with Gasteiger partial charge >= 0.3 is 0 Å². The second-order valence-corrected chi connectivity index (χ2v) is 11.4. The minimum atomic E-state index is -1.47. The molecule has 0 aliphatic carbocycles. The van der Waals surface area contributed by atoms with Gasteiger partial charge in [-0.1, -0.05) is 20.8 Å². The van der Waals surface area contributed by atoms with Gasteiger partial charge in [-0.2, -0.15) is 0 Å². The minimum Gasteiger partial charge on any atom is -0.404 e. The standard InChI is InChI=1S/C9H23NOSi2/c1-7-6-13(4,5)11-9(10,12)8(7,2)3/h7H,6,10H2,1-5,12H3. The van der Waals surface area contributed by atoms with Gasteiger partial charge in [-0.3, -0.25) is 0 Å². The third-order valence-electron chi connectivity index (χ3n) is 3.80. The molecule has 13 heavy (non-hydrogen) atoms. The Morgan fingerprint density at radius 1 is 1.46 bits per heavy atom. The predicted octanol–water partition coefficient (Wildman–Crippen LogP) is 0.862. The summed E-state index contributed by atoms with van der Waals surface area (Å²) in [7, 11) is -0.550. The zero-order chi connectivity index (χ0) is 10.5. The predicted molar refractivity (Wildman–Crippen MR) is 63.2 cm³/mol. The summed E-state index contributed by atoms with van der Waals surface area (Å²) in [5, 5.41) is -0.319. The van der Waals surface area contributed by atoms with E-state index in [9.17, 15) is 0 Å². The van der Waals surface area contributed by atoms with Crippen LogP contribution in [0.4, 0.5) is 0 Å². The molecule has 0 saturated carbocycles. The molecule has 0 spiro atoms. The Bertz CT molecular complexity index is 214. The molecule has 78 valence electrons. The van der Waals surface area contributed by atoms with Crippen molar-refractivity contribution in [3.63, 3.8) is 0 Å². The highest BCUT2D eigenvalue weighted by molar-refractivity contribution is 6.71. The maximum absolute atomic E-state index is 6.30. The lowest BCUT2D eigenvalue weighted by atomic mass is 9.79. The van der Waals surface area contributed by atoms with E-state index in [0.29, 0.717) is 5.92 Å². The van der Waals surface area contributed by atoms with Crippen molar-refractivity contribution in [1.82, 2.24) is 0 Å². The van der Waals surface area contributed by atoms with Crippen LogP contribution in [-0.4, -0.2) is 23.9 Å². The first-order chi connectivity index (χ1) is 5.58. The molecule has 0 aromatic carbocycles. The van der Waals surface area contributed by atoms with E-state index in [0.717, 1.165) is 10.2 Å². The second kappa shape index (κ2) is 2.92. The van der Waals surface area contributed by atoms with E-state index >= 15 is 0 Å². The SMILES string of the molecule is CC1C[Si](C)(C)OC(N)([SiH3])C1(C)C. The van der Waals surface area contributed by atoms with Crippen LogP contribution in [0.15, 0.2) is 0 Å². The number of nitrogens with two attached hydrogens (primary N) is 1. The smallest absolute Gasteiger partial charge is 0.189 e. The zero-order valence-corrected chi connectivity index (χ0v) is 12.8. The Balaban J connectivity index is 2.96. The van der Waals surface area contributed by atoms with E-state index in [2.05, 4.69) is 33.9 Å².